The molecule has 21 heavy (non-hydrogen) atoms. The van der Waals surface area contributed by atoms with Crippen molar-refractivity contribution in [1.29, 1.82) is 0 Å². The van der Waals surface area contributed by atoms with E-state index in [-0.39, 0.29) is 0 Å². The first-order valence-electron chi connectivity index (χ1n) is 8.06. The van der Waals surface area contributed by atoms with Gasteiger partial charge in [-0.1, -0.05) is 76.3 Å². The number of hydrogen-bond donors (Lipinski definition) is 0. The fourth-order valence-corrected chi connectivity index (χ4v) is 2.67. The van der Waals surface area contributed by atoms with Gasteiger partial charge in [0.2, 0.25) is 0 Å². The average molecular weight is 284 g/mol. The summed E-state index contributed by atoms with van der Waals surface area (Å²) in [5.41, 5.74) is 0. The van der Waals surface area contributed by atoms with Gasteiger partial charge >= 0.3 is 0 Å². The van der Waals surface area contributed by atoms with Gasteiger partial charge in [0.1, 0.15) is 6.67 Å². The van der Waals surface area contributed by atoms with Crippen molar-refractivity contribution in [2.45, 2.75) is 39.8 Å². The van der Waals surface area contributed by atoms with Gasteiger partial charge in [-0.3, -0.25) is 9.80 Å². The molecule has 0 N–H and O–H groups in total. The second-order valence-electron chi connectivity index (χ2n) is 6.71. The molecule has 2 nitrogen and oxygen atoms in total. The molecule has 0 atom stereocenters. The molecule has 0 aliphatic heterocycles. The smallest absolute Gasteiger partial charge is 0.148 e. The first kappa shape index (κ1) is 16.3. The van der Waals surface area contributed by atoms with E-state index in [1.54, 1.807) is 0 Å². The monoisotopic (exact) mass is 284 g/mol. The molecule has 0 bridgehead atoms. The summed E-state index contributed by atoms with van der Waals surface area (Å²) in [7, 11) is 0. The van der Waals surface area contributed by atoms with Crippen molar-refractivity contribution in [3.8, 4) is 0 Å². The van der Waals surface area contributed by atoms with Gasteiger partial charge in [-0.25, -0.2) is 0 Å². The summed E-state index contributed by atoms with van der Waals surface area (Å²) in [5.74, 6) is 1.24. The van der Waals surface area contributed by atoms with Crippen LogP contribution in [0.3, 0.4) is 0 Å². The van der Waals surface area contributed by atoms with E-state index in [0.717, 1.165) is 13.1 Å². The second-order valence-corrected chi connectivity index (χ2v) is 6.71. The van der Waals surface area contributed by atoms with E-state index in [1.807, 2.05) is 0 Å². The van der Waals surface area contributed by atoms with Gasteiger partial charge in [0.05, 0.1) is 0 Å². The predicted octanol–water partition coefficient (Wildman–Crippen LogP) is 3.89. The van der Waals surface area contributed by atoms with Crippen molar-refractivity contribution in [3.05, 3.63) is 55.3 Å². The summed E-state index contributed by atoms with van der Waals surface area (Å²) in [6.45, 7) is 14.8. The molecule has 0 fully saturated rings. The zero-order chi connectivity index (χ0) is 15.2. The molecule has 0 heterocycles. The Morgan fingerprint density at radius 2 is 1.05 bits per heavy atom. The maximum absolute atomic E-state index is 3.66. The van der Waals surface area contributed by atoms with E-state index in [4.69, 9.17) is 0 Å². The fourth-order valence-electron chi connectivity index (χ4n) is 2.67. The molecule has 0 aromatic rings. The molecule has 2 aliphatic carbocycles. The van der Waals surface area contributed by atoms with Crippen LogP contribution in [-0.2, 0) is 0 Å². The standard InChI is InChI=1S/C19H28N2/c1-16(2)13-20(18-9-5-6-10-18)15-21(14-17(3)4)19-11-7-8-12-19/h5-12,16-19H,13-14H2,1-4H3. The molecule has 114 valence electrons. The van der Waals surface area contributed by atoms with Crippen LogP contribution in [0.4, 0.5) is 0 Å². The SMILES string of the molecule is CC(C)CN([C]N(CC(C)C)C1C=CC=C1)C1C=CC=C1. The Bertz CT molecular complexity index is 365. The van der Waals surface area contributed by atoms with Gasteiger partial charge < -0.3 is 0 Å². The number of hydrogen-bond acceptors (Lipinski definition) is 2. The fraction of sp³-hybridized carbons (Fsp3) is 0.526. The molecule has 0 saturated heterocycles. The molecule has 2 aliphatic rings. The van der Waals surface area contributed by atoms with Crippen molar-refractivity contribution in [1.82, 2.24) is 9.80 Å². The Morgan fingerprint density at radius 3 is 1.33 bits per heavy atom. The lowest BCUT2D eigenvalue weighted by molar-refractivity contribution is 0.156. The lowest BCUT2D eigenvalue weighted by Crippen LogP contribution is -2.43. The van der Waals surface area contributed by atoms with E-state index < -0.39 is 0 Å². The van der Waals surface area contributed by atoms with Crippen molar-refractivity contribution in [2.24, 2.45) is 11.8 Å². The molecule has 2 rings (SSSR count). The third-order valence-electron chi connectivity index (χ3n) is 3.56. The molecule has 0 unspecified atom stereocenters. The Kier molecular flexibility index (Phi) is 6.01. The third-order valence-corrected chi connectivity index (χ3v) is 3.56. The number of rotatable bonds is 8. The van der Waals surface area contributed by atoms with E-state index in [0.29, 0.717) is 23.9 Å². The summed E-state index contributed by atoms with van der Waals surface area (Å²) < 4.78 is 0. The highest BCUT2D eigenvalue weighted by Crippen LogP contribution is 2.20. The quantitative estimate of drug-likeness (QED) is 0.624. The normalized spacial score (nSPS) is 18.7. The Labute approximate surface area is 130 Å². The van der Waals surface area contributed by atoms with Gasteiger partial charge in [-0.05, 0) is 11.8 Å². The van der Waals surface area contributed by atoms with Crippen molar-refractivity contribution < 1.29 is 0 Å². The first-order chi connectivity index (χ1) is 10.1. The lowest BCUT2D eigenvalue weighted by Gasteiger charge is -2.35. The third kappa shape index (κ3) is 4.98. The van der Waals surface area contributed by atoms with Crippen LogP contribution in [0, 0.1) is 18.5 Å². The summed E-state index contributed by atoms with van der Waals surface area (Å²) in [6, 6.07) is 0.688. The van der Waals surface area contributed by atoms with Crippen LogP contribution in [0.25, 0.3) is 0 Å². The van der Waals surface area contributed by atoms with Crippen molar-refractivity contribution >= 4 is 0 Å². The van der Waals surface area contributed by atoms with Crippen LogP contribution < -0.4 is 0 Å². The molecule has 0 aromatic heterocycles. The predicted molar refractivity (Wildman–Crippen MR) is 90.5 cm³/mol. The topological polar surface area (TPSA) is 6.48 Å². The molecule has 0 saturated carbocycles. The molecular weight excluding hydrogens is 256 g/mol. The van der Waals surface area contributed by atoms with E-state index >= 15 is 0 Å². The Morgan fingerprint density at radius 1 is 0.714 bits per heavy atom. The minimum absolute atomic E-state index is 0.344. The van der Waals surface area contributed by atoms with E-state index in [1.165, 1.54) is 0 Å². The van der Waals surface area contributed by atoms with Crippen molar-refractivity contribution in [2.75, 3.05) is 13.1 Å². The highest BCUT2D eigenvalue weighted by molar-refractivity contribution is 5.24. The van der Waals surface area contributed by atoms with Crippen LogP contribution in [0.15, 0.2) is 48.6 Å². The van der Waals surface area contributed by atoms with Crippen LogP contribution in [0.5, 0.6) is 0 Å². The Hall–Kier alpha value is -1.12. The van der Waals surface area contributed by atoms with Crippen LogP contribution >= 0.6 is 0 Å². The minimum atomic E-state index is 0.344. The van der Waals surface area contributed by atoms with E-state index in [9.17, 15) is 0 Å². The van der Waals surface area contributed by atoms with Gasteiger partial charge in [0.25, 0.3) is 0 Å². The second kappa shape index (κ2) is 7.77. The molecule has 0 aromatic carbocycles. The summed E-state index contributed by atoms with van der Waals surface area (Å²) >= 11 is 0. The molecule has 2 radical (unpaired) electrons. The van der Waals surface area contributed by atoms with Gasteiger partial charge in [0.15, 0.2) is 0 Å². The number of allylic oxidation sites excluding steroid dienone is 4. The lowest BCUT2D eigenvalue weighted by atomic mass is 10.1. The molecule has 2 heteroatoms. The highest BCUT2D eigenvalue weighted by Gasteiger charge is 2.24. The highest BCUT2D eigenvalue weighted by atomic mass is 15.3. The summed E-state index contributed by atoms with van der Waals surface area (Å²) in [6.07, 6.45) is 17.5. The molecule has 0 amide bonds. The maximum Gasteiger partial charge on any atom is 0.148 e. The van der Waals surface area contributed by atoms with Gasteiger partial charge in [-0.2, -0.15) is 0 Å². The van der Waals surface area contributed by atoms with E-state index in [2.05, 4.69) is 92.8 Å². The first-order valence-corrected chi connectivity index (χ1v) is 8.06. The zero-order valence-corrected chi connectivity index (χ0v) is 13.7. The van der Waals surface area contributed by atoms with Crippen LogP contribution in [0.2, 0.25) is 0 Å². The van der Waals surface area contributed by atoms with Crippen LogP contribution in [-0.4, -0.2) is 35.0 Å². The largest absolute Gasteiger partial charge is 0.269 e. The Balaban J connectivity index is 2.06. The minimum Gasteiger partial charge on any atom is -0.269 e. The maximum atomic E-state index is 3.66. The van der Waals surface area contributed by atoms with Crippen molar-refractivity contribution in [3.63, 3.8) is 0 Å². The summed E-state index contributed by atoms with van der Waals surface area (Å²) in [4.78, 5) is 4.68. The molecular formula is C19H28N2. The number of nitrogens with zero attached hydrogens (tertiary/aromatic N) is 2. The van der Waals surface area contributed by atoms with Gasteiger partial charge in [-0.15, -0.1) is 0 Å². The summed E-state index contributed by atoms with van der Waals surface area (Å²) in [5, 5.41) is 0. The molecule has 0 spiro atoms. The average Bonchev–Trinajstić information content (AvgIpc) is 3.09. The zero-order valence-electron chi connectivity index (χ0n) is 13.7. The van der Waals surface area contributed by atoms with Crippen LogP contribution in [0.1, 0.15) is 27.7 Å². The van der Waals surface area contributed by atoms with Gasteiger partial charge in [0, 0.05) is 25.2 Å².